The molecule has 0 heterocycles. The number of anilines is 1. The topological polar surface area (TPSA) is 12.0 Å². The van der Waals surface area contributed by atoms with Crippen LogP contribution in [0.2, 0.25) is 10.0 Å². The summed E-state index contributed by atoms with van der Waals surface area (Å²) < 4.78 is 0. The second kappa shape index (κ2) is 6.24. The maximum atomic E-state index is 6.02. The SMILES string of the molecule is CC(C)CCCNc1ccc(Cl)cc1Cl. The zero-order valence-electron chi connectivity index (χ0n) is 9.19. The molecule has 0 saturated heterocycles. The first kappa shape index (κ1) is 12.7. The molecule has 0 aliphatic rings. The average Bonchev–Trinajstić information content (AvgIpc) is 2.14. The maximum absolute atomic E-state index is 6.02. The van der Waals surface area contributed by atoms with Crippen molar-refractivity contribution in [2.24, 2.45) is 5.92 Å². The van der Waals surface area contributed by atoms with Crippen molar-refractivity contribution in [3.8, 4) is 0 Å². The Hall–Kier alpha value is -0.400. The molecule has 3 heteroatoms. The van der Waals surface area contributed by atoms with Crippen LogP contribution < -0.4 is 5.32 Å². The molecule has 0 aliphatic heterocycles. The van der Waals surface area contributed by atoms with Crippen LogP contribution in [0.3, 0.4) is 0 Å². The predicted octanol–water partition coefficient (Wildman–Crippen LogP) is 4.84. The van der Waals surface area contributed by atoms with E-state index in [9.17, 15) is 0 Å². The van der Waals surface area contributed by atoms with Crippen LogP contribution >= 0.6 is 23.2 Å². The molecule has 0 bridgehead atoms. The minimum atomic E-state index is 0.674. The molecule has 1 rings (SSSR count). The number of rotatable bonds is 5. The lowest BCUT2D eigenvalue weighted by Crippen LogP contribution is -2.03. The van der Waals surface area contributed by atoms with Gasteiger partial charge >= 0.3 is 0 Å². The Morgan fingerprint density at radius 1 is 1.27 bits per heavy atom. The summed E-state index contributed by atoms with van der Waals surface area (Å²) in [4.78, 5) is 0. The lowest BCUT2D eigenvalue weighted by atomic mass is 10.1. The molecule has 0 saturated carbocycles. The summed E-state index contributed by atoms with van der Waals surface area (Å²) in [5, 5.41) is 4.67. The van der Waals surface area contributed by atoms with E-state index in [1.807, 2.05) is 12.1 Å². The highest BCUT2D eigenvalue weighted by atomic mass is 35.5. The van der Waals surface area contributed by atoms with E-state index in [0.717, 1.165) is 24.6 Å². The summed E-state index contributed by atoms with van der Waals surface area (Å²) in [7, 11) is 0. The lowest BCUT2D eigenvalue weighted by Gasteiger charge is -2.09. The van der Waals surface area contributed by atoms with E-state index in [1.165, 1.54) is 6.42 Å². The van der Waals surface area contributed by atoms with E-state index in [0.29, 0.717) is 10.0 Å². The number of benzene rings is 1. The van der Waals surface area contributed by atoms with Gasteiger partial charge in [-0.1, -0.05) is 37.0 Å². The maximum Gasteiger partial charge on any atom is 0.0652 e. The van der Waals surface area contributed by atoms with Crippen molar-refractivity contribution < 1.29 is 0 Å². The van der Waals surface area contributed by atoms with Crippen molar-refractivity contribution in [3.05, 3.63) is 28.2 Å². The molecule has 0 aliphatic carbocycles. The Morgan fingerprint density at radius 3 is 2.60 bits per heavy atom. The average molecular weight is 246 g/mol. The number of hydrogen-bond acceptors (Lipinski definition) is 1. The van der Waals surface area contributed by atoms with Crippen LogP contribution in [0.15, 0.2) is 18.2 Å². The van der Waals surface area contributed by atoms with Crippen molar-refractivity contribution in [3.63, 3.8) is 0 Å². The van der Waals surface area contributed by atoms with Gasteiger partial charge in [0.15, 0.2) is 0 Å². The highest BCUT2D eigenvalue weighted by molar-refractivity contribution is 6.36. The summed E-state index contributed by atoms with van der Waals surface area (Å²) in [5.41, 5.74) is 0.963. The molecule has 0 atom stereocenters. The molecule has 0 unspecified atom stereocenters. The zero-order valence-corrected chi connectivity index (χ0v) is 10.7. The summed E-state index contributed by atoms with van der Waals surface area (Å²) in [5.74, 6) is 0.757. The Kier molecular flexibility index (Phi) is 5.27. The van der Waals surface area contributed by atoms with Gasteiger partial charge < -0.3 is 5.32 Å². The molecule has 15 heavy (non-hydrogen) atoms. The molecule has 0 fully saturated rings. The zero-order chi connectivity index (χ0) is 11.3. The van der Waals surface area contributed by atoms with Gasteiger partial charge in [-0.15, -0.1) is 0 Å². The molecule has 1 N–H and O–H groups in total. The van der Waals surface area contributed by atoms with E-state index < -0.39 is 0 Å². The third-order valence-electron chi connectivity index (χ3n) is 2.20. The van der Waals surface area contributed by atoms with Gasteiger partial charge in [-0.05, 0) is 37.0 Å². The monoisotopic (exact) mass is 245 g/mol. The number of halogens is 2. The van der Waals surface area contributed by atoms with Gasteiger partial charge in [0.2, 0.25) is 0 Å². The van der Waals surface area contributed by atoms with Crippen molar-refractivity contribution in [1.82, 2.24) is 0 Å². The van der Waals surface area contributed by atoms with E-state index >= 15 is 0 Å². The normalized spacial score (nSPS) is 10.7. The van der Waals surface area contributed by atoms with Gasteiger partial charge in [-0.3, -0.25) is 0 Å². The molecular weight excluding hydrogens is 229 g/mol. The Balaban J connectivity index is 2.37. The Bertz CT molecular complexity index is 310. The van der Waals surface area contributed by atoms with E-state index in [4.69, 9.17) is 23.2 Å². The molecule has 1 nitrogen and oxygen atoms in total. The second-order valence-corrected chi connectivity index (χ2v) is 4.93. The minimum Gasteiger partial charge on any atom is -0.384 e. The van der Waals surface area contributed by atoms with Crippen LogP contribution in [0.25, 0.3) is 0 Å². The summed E-state index contributed by atoms with van der Waals surface area (Å²) in [6, 6.07) is 5.52. The lowest BCUT2D eigenvalue weighted by molar-refractivity contribution is 0.567. The molecular formula is C12H17Cl2N. The van der Waals surface area contributed by atoms with E-state index in [2.05, 4.69) is 19.2 Å². The first-order chi connectivity index (χ1) is 7.09. The first-order valence-corrected chi connectivity index (χ1v) is 6.04. The van der Waals surface area contributed by atoms with Gasteiger partial charge in [0.05, 0.1) is 10.7 Å². The fourth-order valence-electron chi connectivity index (χ4n) is 1.37. The second-order valence-electron chi connectivity index (χ2n) is 4.09. The van der Waals surface area contributed by atoms with Crippen LogP contribution in [-0.4, -0.2) is 6.54 Å². The summed E-state index contributed by atoms with van der Waals surface area (Å²) in [6.45, 7) is 5.42. The van der Waals surface area contributed by atoms with Crippen LogP contribution in [0, 0.1) is 5.92 Å². The fraction of sp³-hybridized carbons (Fsp3) is 0.500. The van der Waals surface area contributed by atoms with Gasteiger partial charge in [-0.25, -0.2) is 0 Å². The predicted molar refractivity (Wildman–Crippen MR) is 69.0 cm³/mol. The third-order valence-corrected chi connectivity index (χ3v) is 2.75. The fourth-order valence-corrected chi connectivity index (χ4v) is 1.84. The van der Waals surface area contributed by atoms with Gasteiger partial charge in [0.1, 0.15) is 0 Å². The van der Waals surface area contributed by atoms with E-state index in [-0.39, 0.29) is 0 Å². The van der Waals surface area contributed by atoms with Gasteiger partial charge in [0.25, 0.3) is 0 Å². The Morgan fingerprint density at radius 2 is 2.00 bits per heavy atom. The standard InChI is InChI=1S/C12H17Cl2N/c1-9(2)4-3-7-15-12-6-5-10(13)8-11(12)14/h5-6,8-9,15H,3-4,7H2,1-2H3. The summed E-state index contributed by atoms with van der Waals surface area (Å²) >= 11 is 11.8. The van der Waals surface area contributed by atoms with Crippen molar-refractivity contribution in [2.75, 3.05) is 11.9 Å². The third kappa shape index (κ3) is 4.76. The quantitative estimate of drug-likeness (QED) is 0.733. The number of hydrogen-bond donors (Lipinski definition) is 1. The number of nitrogens with one attached hydrogen (secondary N) is 1. The minimum absolute atomic E-state index is 0.674. The summed E-state index contributed by atoms with van der Waals surface area (Å²) in [6.07, 6.45) is 2.40. The molecule has 84 valence electrons. The van der Waals surface area contributed by atoms with Crippen molar-refractivity contribution >= 4 is 28.9 Å². The van der Waals surface area contributed by atoms with Gasteiger partial charge in [0, 0.05) is 11.6 Å². The van der Waals surface area contributed by atoms with Crippen LogP contribution in [-0.2, 0) is 0 Å². The van der Waals surface area contributed by atoms with Crippen LogP contribution in [0.5, 0.6) is 0 Å². The van der Waals surface area contributed by atoms with E-state index in [1.54, 1.807) is 6.07 Å². The highest BCUT2D eigenvalue weighted by Gasteiger charge is 2.00. The molecule has 0 aromatic heterocycles. The van der Waals surface area contributed by atoms with Crippen LogP contribution in [0.1, 0.15) is 26.7 Å². The molecule has 0 radical (unpaired) electrons. The van der Waals surface area contributed by atoms with Gasteiger partial charge in [-0.2, -0.15) is 0 Å². The molecule has 0 spiro atoms. The van der Waals surface area contributed by atoms with Crippen molar-refractivity contribution in [2.45, 2.75) is 26.7 Å². The molecule has 1 aromatic rings. The molecule has 1 aromatic carbocycles. The Labute approximate surface area is 102 Å². The van der Waals surface area contributed by atoms with Crippen molar-refractivity contribution in [1.29, 1.82) is 0 Å². The highest BCUT2D eigenvalue weighted by Crippen LogP contribution is 2.25. The largest absolute Gasteiger partial charge is 0.384 e. The first-order valence-electron chi connectivity index (χ1n) is 5.28. The van der Waals surface area contributed by atoms with Crippen LogP contribution in [0.4, 0.5) is 5.69 Å². The smallest absolute Gasteiger partial charge is 0.0652 e. The molecule has 0 amide bonds.